The second-order valence-corrected chi connectivity index (χ2v) is 5.63. The highest BCUT2D eigenvalue weighted by atomic mass is 32.2. The molecule has 0 spiro atoms. The first-order chi connectivity index (χ1) is 10.8. The van der Waals surface area contributed by atoms with E-state index >= 15 is 0 Å². The van der Waals surface area contributed by atoms with Crippen molar-refractivity contribution in [3.63, 3.8) is 0 Å². The number of nitriles is 1. The van der Waals surface area contributed by atoms with Gasteiger partial charge in [-0.2, -0.15) is 5.26 Å². The van der Waals surface area contributed by atoms with E-state index < -0.39 is 0 Å². The zero-order valence-corrected chi connectivity index (χ0v) is 13.0. The maximum Gasteiger partial charge on any atom is 0.116 e. The molecule has 3 aromatic rings. The third-order valence-corrected chi connectivity index (χ3v) is 4.16. The lowest BCUT2D eigenvalue weighted by molar-refractivity contribution is 1.11. The first-order valence-electron chi connectivity index (χ1n) is 6.98. The molecule has 0 atom stereocenters. The lowest BCUT2D eigenvalue weighted by atomic mass is 10.1. The molecule has 0 fully saturated rings. The Morgan fingerprint density at radius 3 is 2.55 bits per heavy atom. The van der Waals surface area contributed by atoms with E-state index in [4.69, 9.17) is 0 Å². The van der Waals surface area contributed by atoms with Gasteiger partial charge in [-0.3, -0.25) is 0 Å². The Morgan fingerprint density at radius 2 is 1.82 bits per heavy atom. The average molecular weight is 305 g/mol. The molecular weight excluding hydrogens is 290 g/mol. The number of anilines is 1. The molecule has 0 amide bonds. The Labute approximate surface area is 134 Å². The molecule has 0 bridgehead atoms. The van der Waals surface area contributed by atoms with Crippen LogP contribution in [0.1, 0.15) is 11.1 Å². The fourth-order valence-electron chi connectivity index (χ4n) is 2.41. The third-order valence-electron chi connectivity index (χ3n) is 3.48. The van der Waals surface area contributed by atoms with E-state index in [9.17, 15) is 5.26 Å². The van der Waals surface area contributed by atoms with Gasteiger partial charge in [0.2, 0.25) is 0 Å². The number of nitrogens with one attached hydrogen (secondary N) is 1. The number of hydrogen-bond donors (Lipinski definition) is 1. The van der Waals surface area contributed by atoms with E-state index in [1.54, 1.807) is 0 Å². The van der Waals surface area contributed by atoms with Crippen LogP contribution in [-0.4, -0.2) is 11.2 Å². The minimum Gasteiger partial charge on any atom is -0.379 e. The number of hydrogen-bond acceptors (Lipinski definition) is 4. The maximum atomic E-state index is 9.54. The van der Waals surface area contributed by atoms with Gasteiger partial charge in [-0.1, -0.05) is 48.5 Å². The Balaban J connectivity index is 2.08. The summed E-state index contributed by atoms with van der Waals surface area (Å²) in [6.07, 6.45) is 1.94. The van der Waals surface area contributed by atoms with Crippen molar-refractivity contribution in [1.29, 1.82) is 5.26 Å². The number of benzene rings is 2. The smallest absolute Gasteiger partial charge is 0.116 e. The van der Waals surface area contributed by atoms with Gasteiger partial charge >= 0.3 is 0 Å². The van der Waals surface area contributed by atoms with Crippen molar-refractivity contribution in [1.82, 2.24) is 4.98 Å². The van der Waals surface area contributed by atoms with Crippen LogP contribution in [0, 0.1) is 11.3 Å². The maximum absolute atomic E-state index is 9.54. The first-order valence-corrected chi connectivity index (χ1v) is 8.20. The first kappa shape index (κ1) is 14.4. The number of pyridine rings is 1. The van der Waals surface area contributed by atoms with Crippen molar-refractivity contribution in [3.05, 3.63) is 65.7 Å². The van der Waals surface area contributed by atoms with Crippen LogP contribution in [-0.2, 0) is 6.54 Å². The fourth-order valence-corrected chi connectivity index (χ4v) is 2.95. The van der Waals surface area contributed by atoms with Gasteiger partial charge in [0.05, 0.1) is 11.2 Å². The summed E-state index contributed by atoms with van der Waals surface area (Å²) >= 11 is 1.50. The van der Waals surface area contributed by atoms with E-state index in [2.05, 4.69) is 28.5 Å². The van der Waals surface area contributed by atoms with Crippen molar-refractivity contribution >= 4 is 28.4 Å². The molecule has 0 saturated heterocycles. The molecule has 1 N–H and O–H groups in total. The summed E-state index contributed by atoms with van der Waals surface area (Å²) in [5.74, 6) is 0. The van der Waals surface area contributed by atoms with Crippen molar-refractivity contribution in [2.75, 3.05) is 11.6 Å². The lowest BCUT2D eigenvalue weighted by Crippen LogP contribution is -2.04. The molecule has 108 valence electrons. The molecule has 0 aliphatic rings. The highest BCUT2D eigenvalue weighted by Gasteiger charge is 2.14. The summed E-state index contributed by atoms with van der Waals surface area (Å²) in [6.45, 7) is 0.678. The van der Waals surface area contributed by atoms with Crippen molar-refractivity contribution in [2.24, 2.45) is 0 Å². The van der Waals surface area contributed by atoms with Gasteiger partial charge < -0.3 is 5.32 Å². The zero-order chi connectivity index (χ0) is 15.4. The van der Waals surface area contributed by atoms with Gasteiger partial charge in [-0.15, -0.1) is 11.8 Å². The van der Waals surface area contributed by atoms with Crippen LogP contribution in [0.15, 0.2) is 59.6 Å². The van der Waals surface area contributed by atoms with Crippen LogP contribution in [0.4, 0.5) is 5.69 Å². The van der Waals surface area contributed by atoms with Crippen molar-refractivity contribution < 1.29 is 0 Å². The van der Waals surface area contributed by atoms with E-state index in [0.29, 0.717) is 12.1 Å². The van der Waals surface area contributed by atoms with Crippen LogP contribution in [0.2, 0.25) is 0 Å². The number of rotatable bonds is 4. The number of nitrogens with zero attached hydrogens (tertiary/aromatic N) is 2. The van der Waals surface area contributed by atoms with Crippen molar-refractivity contribution in [3.8, 4) is 6.07 Å². The quantitative estimate of drug-likeness (QED) is 0.724. The highest BCUT2D eigenvalue weighted by molar-refractivity contribution is 7.98. The molecular formula is C18H15N3S. The van der Waals surface area contributed by atoms with E-state index in [1.807, 2.05) is 48.7 Å². The van der Waals surface area contributed by atoms with Gasteiger partial charge in [0.25, 0.3) is 0 Å². The molecule has 1 aromatic heterocycles. The number of para-hydroxylation sites is 1. The Kier molecular flexibility index (Phi) is 4.27. The second-order valence-electron chi connectivity index (χ2n) is 4.84. The van der Waals surface area contributed by atoms with Gasteiger partial charge in [-0.05, 0) is 17.9 Å². The minimum atomic E-state index is 0.613. The molecule has 3 nitrogen and oxygen atoms in total. The van der Waals surface area contributed by atoms with Crippen LogP contribution in [0.5, 0.6) is 0 Å². The normalized spacial score (nSPS) is 10.4. The summed E-state index contributed by atoms with van der Waals surface area (Å²) < 4.78 is 0. The van der Waals surface area contributed by atoms with Gasteiger partial charge in [0.1, 0.15) is 16.7 Å². The molecule has 0 saturated carbocycles. The summed E-state index contributed by atoms with van der Waals surface area (Å²) in [4.78, 5) is 4.58. The van der Waals surface area contributed by atoms with Crippen LogP contribution >= 0.6 is 11.8 Å². The molecule has 0 aliphatic heterocycles. The molecule has 1 heterocycles. The van der Waals surface area contributed by atoms with Gasteiger partial charge in [-0.25, -0.2) is 4.98 Å². The SMILES string of the molecule is CSc1nc2ccccc2c(NCc2ccccc2)c1C#N. The number of thioether (sulfide) groups is 1. The molecule has 0 radical (unpaired) electrons. The van der Waals surface area contributed by atoms with E-state index in [1.165, 1.54) is 17.3 Å². The standard InChI is InChI=1S/C18H15N3S/c1-22-18-15(11-19)17(14-9-5-6-10-16(14)21-18)20-12-13-7-3-2-4-8-13/h2-10H,12H2,1H3,(H,20,21). The molecule has 0 unspecified atom stereocenters. The molecule has 0 aliphatic carbocycles. The topological polar surface area (TPSA) is 48.7 Å². The fraction of sp³-hybridized carbons (Fsp3) is 0.111. The summed E-state index contributed by atoms with van der Waals surface area (Å²) in [5, 5.41) is 14.7. The van der Waals surface area contributed by atoms with Crippen LogP contribution < -0.4 is 5.32 Å². The second kappa shape index (κ2) is 6.50. The number of aromatic nitrogens is 1. The van der Waals surface area contributed by atoms with Crippen molar-refractivity contribution in [2.45, 2.75) is 11.6 Å². The lowest BCUT2D eigenvalue weighted by Gasteiger charge is -2.14. The van der Waals surface area contributed by atoms with E-state index in [-0.39, 0.29) is 0 Å². The Morgan fingerprint density at radius 1 is 1.09 bits per heavy atom. The van der Waals surface area contributed by atoms with Gasteiger partial charge in [0.15, 0.2) is 0 Å². The highest BCUT2D eigenvalue weighted by Crippen LogP contribution is 2.32. The predicted molar refractivity (Wildman–Crippen MR) is 92.0 cm³/mol. The zero-order valence-electron chi connectivity index (χ0n) is 12.2. The van der Waals surface area contributed by atoms with Crippen LogP contribution in [0.25, 0.3) is 10.9 Å². The monoisotopic (exact) mass is 305 g/mol. The predicted octanol–water partition coefficient (Wildman–Crippen LogP) is 4.44. The molecule has 4 heteroatoms. The Hall–Kier alpha value is -2.51. The minimum absolute atomic E-state index is 0.613. The van der Waals surface area contributed by atoms with Crippen LogP contribution in [0.3, 0.4) is 0 Å². The Bertz CT molecular complexity index is 838. The largest absolute Gasteiger partial charge is 0.379 e. The molecule has 3 rings (SSSR count). The van der Waals surface area contributed by atoms with E-state index in [0.717, 1.165) is 21.6 Å². The summed E-state index contributed by atoms with van der Waals surface area (Å²) in [7, 11) is 0. The molecule has 2 aromatic carbocycles. The molecule has 22 heavy (non-hydrogen) atoms. The third kappa shape index (κ3) is 2.76. The summed E-state index contributed by atoms with van der Waals surface area (Å²) in [5.41, 5.74) is 3.56. The average Bonchev–Trinajstić information content (AvgIpc) is 2.59. The van der Waals surface area contributed by atoms with Gasteiger partial charge in [0, 0.05) is 11.9 Å². The summed E-state index contributed by atoms with van der Waals surface area (Å²) in [6, 6.07) is 20.4. The number of fused-ring (bicyclic) bond motifs is 1.